The number of carbonyl (C=O) groups excluding carboxylic acids is 1. The number of aliphatic hydroxyl groups excluding tert-OH is 1. The lowest BCUT2D eigenvalue weighted by atomic mass is 9.93. The first-order valence-corrected chi connectivity index (χ1v) is 7.04. The van der Waals surface area contributed by atoms with E-state index < -0.39 is 0 Å². The van der Waals surface area contributed by atoms with Gasteiger partial charge in [-0.25, -0.2) is 0 Å². The third kappa shape index (κ3) is 2.29. The van der Waals surface area contributed by atoms with Crippen molar-refractivity contribution in [1.29, 1.82) is 0 Å². The van der Waals surface area contributed by atoms with Crippen LogP contribution in [0.3, 0.4) is 0 Å². The summed E-state index contributed by atoms with van der Waals surface area (Å²) in [7, 11) is 0. The van der Waals surface area contributed by atoms with Gasteiger partial charge in [-0.2, -0.15) is 5.10 Å². The largest absolute Gasteiger partial charge is 0.396 e. The number of likely N-dealkylation sites (tertiary alicyclic amines) is 1. The fourth-order valence-corrected chi connectivity index (χ4v) is 2.86. The molecule has 0 radical (unpaired) electrons. The van der Waals surface area contributed by atoms with Crippen LogP contribution in [-0.4, -0.2) is 45.3 Å². The van der Waals surface area contributed by atoms with E-state index in [1.807, 2.05) is 23.1 Å². The van der Waals surface area contributed by atoms with Gasteiger partial charge in [0.05, 0.1) is 11.7 Å². The number of hydrogen-bond acceptors (Lipinski definition) is 3. The minimum absolute atomic E-state index is 0.0405. The van der Waals surface area contributed by atoms with Gasteiger partial charge in [0.15, 0.2) is 0 Å². The van der Waals surface area contributed by atoms with Gasteiger partial charge < -0.3 is 10.0 Å². The van der Waals surface area contributed by atoms with Crippen molar-refractivity contribution in [3.63, 3.8) is 0 Å². The summed E-state index contributed by atoms with van der Waals surface area (Å²) in [5.41, 5.74) is 1.62. The summed E-state index contributed by atoms with van der Waals surface area (Å²) in [5.74, 6) is 0.242. The maximum Gasteiger partial charge on any atom is 0.254 e. The lowest BCUT2D eigenvalue weighted by Gasteiger charge is -2.37. The standard InChI is InChI=1S/C15H19N3O2/c1-10-2-3-11(9-19)8-18(10)15(20)12-4-5-14-13(6-12)7-16-17-14/h4-7,10-11,19H,2-3,8-9H2,1H3,(H,16,17). The molecule has 1 aliphatic rings. The predicted molar refractivity (Wildman–Crippen MR) is 76.4 cm³/mol. The first-order valence-electron chi connectivity index (χ1n) is 7.04. The average molecular weight is 273 g/mol. The lowest BCUT2D eigenvalue weighted by Crippen LogP contribution is -2.46. The Kier molecular flexibility index (Phi) is 3.44. The van der Waals surface area contributed by atoms with Crippen LogP contribution >= 0.6 is 0 Å². The van der Waals surface area contributed by atoms with Crippen molar-refractivity contribution in [2.75, 3.05) is 13.2 Å². The van der Waals surface area contributed by atoms with Gasteiger partial charge in [-0.05, 0) is 43.9 Å². The first kappa shape index (κ1) is 13.1. The molecule has 1 amide bonds. The van der Waals surface area contributed by atoms with Gasteiger partial charge >= 0.3 is 0 Å². The van der Waals surface area contributed by atoms with Crippen LogP contribution in [0.2, 0.25) is 0 Å². The molecule has 1 aromatic carbocycles. The van der Waals surface area contributed by atoms with Crippen molar-refractivity contribution in [2.45, 2.75) is 25.8 Å². The number of carbonyl (C=O) groups is 1. The van der Waals surface area contributed by atoms with Crippen LogP contribution in [-0.2, 0) is 0 Å². The zero-order chi connectivity index (χ0) is 14.1. The van der Waals surface area contributed by atoms with Crippen LogP contribution in [0.5, 0.6) is 0 Å². The molecule has 0 aliphatic carbocycles. The van der Waals surface area contributed by atoms with Crippen molar-refractivity contribution in [1.82, 2.24) is 15.1 Å². The maximum atomic E-state index is 12.7. The molecule has 1 aliphatic heterocycles. The number of piperidine rings is 1. The molecule has 1 aromatic heterocycles. The molecule has 2 aromatic rings. The van der Waals surface area contributed by atoms with E-state index >= 15 is 0 Å². The van der Waals surface area contributed by atoms with E-state index in [1.54, 1.807) is 6.20 Å². The van der Waals surface area contributed by atoms with Gasteiger partial charge in [-0.1, -0.05) is 0 Å². The van der Waals surface area contributed by atoms with Gasteiger partial charge in [-0.15, -0.1) is 0 Å². The molecule has 106 valence electrons. The molecule has 5 nitrogen and oxygen atoms in total. The van der Waals surface area contributed by atoms with Crippen LogP contribution in [0.15, 0.2) is 24.4 Å². The quantitative estimate of drug-likeness (QED) is 0.876. The highest BCUT2D eigenvalue weighted by atomic mass is 16.3. The van der Waals surface area contributed by atoms with Crippen LogP contribution < -0.4 is 0 Å². The Morgan fingerprint density at radius 2 is 2.35 bits per heavy atom. The summed E-state index contributed by atoms with van der Waals surface area (Å²) < 4.78 is 0. The molecule has 2 heterocycles. The molecule has 5 heteroatoms. The molecule has 1 fully saturated rings. The van der Waals surface area contributed by atoms with E-state index in [9.17, 15) is 9.90 Å². The molecule has 1 saturated heterocycles. The molecule has 3 rings (SSSR count). The molecule has 2 N–H and O–H groups in total. The van der Waals surface area contributed by atoms with E-state index in [1.165, 1.54) is 0 Å². The summed E-state index contributed by atoms with van der Waals surface area (Å²) in [6.45, 7) is 2.86. The Morgan fingerprint density at radius 3 is 3.15 bits per heavy atom. The van der Waals surface area contributed by atoms with Gasteiger partial charge in [0.1, 0.15) is 0 Å². The Labute approximate surface area is 117 Å². The van der Waals surface area contributed by atoms with Gasteiger partial charge in [0, 0.05) is 30.1 Å². The topological polar surface area (TPSA) is 69.2 Å². The Balaban J connectivity index is 1.86. The van der Waals surface area contributed by atoms with Crippen LogP contribution in [0, 0.1) is 5.92 Å². The highest BCUT2D eigenvalue weighted by Gasteiger charge is 2.29. The third-order valence-electron chi connectivity index (χ3n) is 4.19. The summed E-state index contributed by atoms with van der Waals surface area (Å²) in [6.07, 6.45) is 3.66. The second-order valence-electron chi connectivity index (χ2n) is 5.60. The minimum atomic E-state index is 0.0405. The molecule has 0 bridgehead atoms. The zero-order valence-corrected chi connectivity index (χ0v) is 11.5. The van der Waals surface area contributed by atoms with Crippen LogP contribution in [0.4, 0.5) is 0 Å². The smallest absolute Gasteiger partial charge is 0.254 e. The number of H-pyrrole nitrogens is 1. The number of aliphatic hydroxyl groups is 1. The molecule has 2 unspecified atom stereocenters. The average Bonchev–Trinajstić information content (AvgIpc) is 2.94. The second kappa shape index (κ2) is 5.25. The van der Waals surface area contributed by atoms with Gasteiger partial charge in [0.2, 0.25) is 0 Å². The lowest BCUT2D eigenvalue weighted by molar-refractivity contribution is 0.0489. The van der Waals surface area contributed by atoms with Crippen molar-refractivity contribution < 1.29 is 9.90 Å². The van der Waals surface area contributed by atoms with Crippen molar-refractivity contribution >= 4 is 16.8 Å². The molecular formula is C15H19N3O2. The van der Waals surface area contributed by atoms with E-state index in [0.29, 0.717) is 12.1 Å². The van der Waals surface area contributed by atoms with Crippen molar-refractivity contribution in [2.24, 2.45) is 5.92 Å². The van der Waals surface area contributed by atoms with Crippen LogP contribution in [0.25, 0.3) is 10.9 Å². The van der Waals surface area contributed by atoms with E-state index in [4.69, 9.17) is 0 Å². The first-order chi connectivity index (χ1) is 9.69. The number of aromatic nitrogens is 2. The number of rotatable bonds is 2. The fraction of sp³-hybridized carbons (Fsp3) is 0.467. The highest BCUT2D eigenvalue weighted by molar-refractivity contribution is 5.98. The minimum Gasteiger partial charge on any atom is -0.396 e. The van der Waals surface area contributed by atoms with Crippen LogP contribution in [0.1, 0.15) is 30.1 Å². The highest BCUT2D eigenvalue weighted by Crippen LogP contribution is 2.24. The Morgan fingerprint density at radius 1 is 1.50 bits per heavy atom. The van der Waals surface area contributed by atoms with E-state index in [2.05, 4.69) is 17.1 Å². The molecule has 20 heavy (non-hydrogen) atoms. The molecule has 0 spiro atoms. The van der Waals surface area contributed by atoms with Crippen molar-refractivity contribution in [3.05, 3.63) is 30.0 Å². The Hall–Kier alpha value is -1.88. The number of fused-ring (bicyclic) bond motifs is 1. The number of aromatic amines is 1. The molecule has 2 atom stereocenters. The van der Waals surface area contributed by atoms with E-state index in [0.717, 1.165) is 23.7 Å². The van der Waals surface area contributed by atoms with Gasteiger partial charge in [0.25, 0.3) is 5.91 Å². The zero-order valence-electron chi connectivity index (χ0n) is 11.5. The van der Waals surface area contributed by atoms with Crippen molar-refractivity contribution in [3.8, 4) is 0 Å². The number of benzene rings is 1. The van der Waals surface area contributed by atoms with E-state index in [-0.39, 0.29) is 24.5 Å². The Bertz CT molecular complexity index is 622. The summed E-state index contributed by atoms with van der Waals surface area (Å²) in [4.78, 5) is 14.5. The summed E-state index contributed by atoms with van der Waals surface area (Å²) >= 11 is 0. The summed E-state index contributed by atoms with van der Waals surface area (Å²) in [5, 5.41) is 17.1. The fourth-order valence-electron chi connectivity index (χ4n) is 2.86. The number of nitrogens with zero attached hydrogens (tertiary/aromatic N) is 2. The monoisotopic (exact) mass is 273 g/mol. The number of amides is 1. The molecular weight excluding hydrogens is 254 g/mol. The van der Waals surface area contributed by atoms with Gasteiger partial charge in [-0.3, -0.25) is 9.89 Å². The molecule has 0 saturated carbocycles. The predicted octanol–water partition coefficient (Wildman–Crippen LogP) is 1.80. The second-order valence-corrected chi connectivity index (χ2v) is 5.60. The SMILES string of the molecule is CC1CCC(CO)CN1C(=O)c1ccc2[nH]ncc2c1. The number of nitrogens with one attached hydrogen (secondary N) is 1. The normalized spacial score (nSPS) is 23.2. The number of hydrogen-bond donors (Lipinski definition) is 2. The summed E-state index contributed by atoms with van der Waals surface area (Å²) in [6, 6.07) is 5.81. The third-order valence-corrected chi connectivity index (χ3v) is 4.19. The maximum absolute atomic E-state index is 12.7.